The fourth-order valence-electron chi connectivity index (χ4n) is 2.54. The van der Waals surface area contributed by atoms with E-state index in [0.717, 1.165) is 29.8 Å². The van der Waals surface area contributed by atoms with Crippen molar-refractivity contribution in [2.45, 2.75) is 33.1 Å². The Kier molecular flexibility index (Phi) is 4.97. The molecule has 1 aliphatic carbocycles. The van der Waals surface area contributed by atoms with E-state index in [2.05, 4.69) is 24.0 Å². The maximum Gasteiger partial charge on any atom is 0.231 e. The van der Waals surface area contributed by atoms with Crippen molar-refractivity contribution in [3.63, 3.8) is 0 Å². The molecule has 3 rings (SSSR count). The average Bonchev–Trinajstić information content (AvgIpc) is 2.93. The SMILES string of the molecule is CC(C)CN(C(=O)C1CCC1)c1nnc(-c2ccc(Cl)cc2)s1. The smallest absolute Gasteiger partial charge is 0.231 e. The number of hydrogen-bond donors (Lipinski definition) is 0. The van der Waals surface area contributed by atoms with Crippen LogP contribution in [0.15, 0.2) is 24.3 Å². The Labute approximate surface area is 145 Å². The molecule has 1 aromatic heterocycles. The molecule has 1 heterocycles. The summed E-state index contributed by atoms with van der Waals surface area (Å²) in [6.45, 7) is 4.91. The van der Waals surface area contributed by atoms with E-state index in [1.54, 1.807) is 0 Å². The van der Waals surface area contributed by atoms with Crippen molar-refractivity contribution < 1.29 is 4.79 Å². The molecule has 1 amide bonds. The number of aromatic nitrogens is 2. The van der Waals surface area contributed by atoms with Gasteiger partial charge in [-0.05, 0) is 30.9 Å². The lowest BCUT2D eigenvalue weighted by atomic mass is 9.84. The number of amides is 1. The van der Waals surface area contributed by atoms with Gasteiger partial charge in [-0.1, -0.05) is 55.3 Å². The molecule has 4 nitrogen and oxygen atoms in total. The van der Waals surface area contributed by atoms with Gasteiger partial charge in [0.15, 0.2) is 0 Å². The van der Waals surface area contributed by atoms with Gasteiger partial charge in [0.25, 0.3) is 0 Å². The molecule has 6 heteroatoms. The summed E-state index contributed by atoms with van der Waals surface area (Å²) in [4.78, 5) is 14.5. The van der Waals surface area contributed by atoms with E-state index in [-0.39, 0.29) is 11.8 Å². The molecule has 2 aromatic rings. The lowest BCUT2D eigenvalue weighted by molar-refractivity contribution is -0.124. The largest absolute Gasteiger partial charge is 0.286 e. The summed E-state index contributed by atoms with van der Waals surface area (Å²) in [6.07, 6.45) is 3.14. The Balaban J connectivity index is 1.84. The lowest BCUT2D eigenvalue weighted by Gasteiger charge is -2.30. The number of hydrogen-bond acceptors (Lipinski definition) is 4. The van der Waals surface area contributed by atoms with Crippen LogP contribution in [0.4, 0.5) is 5.13 Å². The van der Waals surface area contributed by atoms with E-state index < -0.39 is 0 Å². The Hall–Kier alpha value is -1.46. The van der Waals surface area contributed by atoms with Crippen LogP contribution in [0.1, 0.15) is 33.1 Å². The topological polar surface area (TPSA) is 46.1 Å². The molecule has 1 aromatic carbocycles. The van der Waals surface area contributed by atoms with Gasteiger partial charge in [0.2, 0.25) is 11.0 Å². The third-order valence-corrected chi connectivity index (χ3v) is 5.25. The number of carbonyl (C=O) groups is 1. The van der Waals surface area contributed by atoms with E-state index in [0.29, 0.717) is 22.6 Å². The average molecular weight is 350 g/mol. The first kappa shape index (κ1) is 16.4. The Morgan fingerprint density at radius 2 is 2.00 bits per heavy atom. The van der Waals surface area contributed by atoms with Crippen LogP contribution in [-0.4, -0.2) is 22.6 Å². The quantitative estimate of drug-likeness (QED) is 0.789. The molecule has 0 unspecified atom stereocenters. The predicted octanol–water partition coefficient (Wildman–Crippen LogP) is 4.65. The van der Waals surface area contributed by atoms with Crippen LogP contribution in [-0.2, 0) is 4.79 Å². The van der Waals surface area contributed by atoms with E-state index in [1.807, 2.05) is 29.2 Å². The van der Waals surface area contributed by atoms with Crippen molar-refractivity contribution in [3.05, 3.63) is 29.3 Å². The van der Waals surface area contributed by atoms with Crippen LogP contribution < -0.4 is 4.90 Å². The van der Waals surface area contributed by atoms with Crippen molar-refractivity contribution in [2.24, 2.45) is 11.8 Å². The zero-order valence-corrected chi connectivity index (χ0v) is 14.9. The first-order valence-electron chi connectivity index (χ1n) is 7.95. The monoisotopic (exact) mass is 349 g/mol. The summed E-state index contributed by atoms with van der Waals surface area (Å²) in [5.74, 6) is 0.752. The minimum Gasteiger partial charge on any atom is -0.286 e. The van der Waals surface area contributed by atoms with Crippen LogP contribution >= 0.6 is 22.9 Å². The highest BCUT2D eigenvalue weighted by Gasteiger charge is 2.32. The summed E-state index contributed by atoms with van der Waals surface area (Å²) in [6, 6.07) is 7.52. The van der Waals surface area contributed by atoms with Crippen LogP contribution in [0, 0.1) is 11.8 Å². The van der Waals surface area contributed by atoms with Crippen molar-refractivity contribution in [3.8, 4) is 10.6 Å². The lowest BCUT2D eigenvalue weighted by Crippen LogP contribution is -2.41. The van der Waals surface area contributed by atoms with Gasteiger partial charge in [0.1, 0.15) is 5.01 Å². The zero-order valence-electron chi connectivity index (χ0n) is 13.3. The van der Waals surface area contributed by atoms with Gasteiger partial charge in [0.05, 0.1) is 0 Å². The van der Waals surface area contributed by atoms with Crippen molar-refractivity contribution in [1.29, 1.82) is 0 Å². The molecule has 1 aliphatic rings. The number of nitrogens with zero attached hydrogens (tertiary/aromatic N) is 3. The number of halogens is 1. The van der Waals surface area contributed by atoms with Gasteiger partial charge in [-0.15, -0.1) is 10.2 Å². The molecular weight excluding hydrogens is 330 g/mol. The molecular formula is C17H20ClN3OS. The predicted molar refractivity (Wildman–Crippen MR) is 94.9 cm³/mol. The van der Waals surface area contributed by atoms with Gasteiger partial charge < -0.3 is 0 Å². The molecule has 0 spiro atoms. The van der Waals surface area contributed by atoms with Gasteiger partial charge in [-0.25, -0.2) is 0 Å². The van der Waals surface area contributed by atoms with Crippen LogP contribution in [0.2, 0.25) is 5.02 Å². The third kappa shape index (κ3) is 3.72. The van der Waals surface area contributed by atoms with E-state index in [4.69, 9.17) is 11.6 Å². The second-order valence-electron chi connectivity index (χ2n) is 6.37. The summed E-state index contributed by atoms with van der Waals surface area (Å²) >= 11 is 7.39. The molecule has 1 fully saturated rings. The van der Waals surface area contributed by atoms with Gasteiger partial charge in [-0.3, -0.25) is 9.69 Å². The van der Waals surface area contributed by atoms with Crippen molar-refractivity contribution >= 4 is 34.0 Å². The highest BCUT2D eigenvalue weighted by atomic mass is 35.5. The zero-order chi connectivity index (χ0) is 16.4. The fourth-order valence-corrected chi connectivity index (χ4v) is 3.53. The van der Waals surface area contributed by atoms with E-state index in [1.165, 1.54) is 11.3 Å². The number of carbonyl (C=O) groups excluding carboxylic acids is 1. The maximum absolute atomic E-state index is 12.7. The molecule has 0 atom stereocenters. The van der Waals surface area contributed by atoms with Crippen molar-refractivity contribution in [2.75, 3.05) is 11.4 Å². The fraction of sp³-hybridized carbons (Fsp3) is 0.471. The molecule has 1 saturated carbocycles. The number of rotatable bonds is 5. The van der Waals surface area contributed by atoms with Crippen molar-refractivity contribution in [1.82, 2.24) is 10.2 Å². The van der Waals surface area contributed by atoms with Gasteiger partial charge in [0, 0.05) is 23.0 Å². The number of benzene rings is 1. The molecule has 122 valence electrons. The number of anilines is 1. The normalized spacial score (nSPS) is 14.8. The Bertz CT molecular complexity index is 679. The van der Waals surface area contributed by atoms with E-state index >= 15 is 0 Å². The van der Waals surface area contributed by atoms with Gasteiger partial charge in [-0.2, -0.15) is 0 Å². The highest BCUT2D eigenvalue weighted by molar-refractivity contribution is 7.18. The molecule has 0 N–H and O–H groups in total. The van der Waals surface area contributed by atoms with E-state index in [9.17, 15) is 4.79 Å². The Morgan fingerprint density at radius 1 is 1.30 bits per heavy atom. The third-order valence-electron chi connectivity index (χ3n) is 4.00. The Morgan fingerprint density at radius 3 is 2.57 bits per heavy atom. The second-order valence-corrected chi connectivity index (χ2v) is 7.76. The first-order valence-corrected chi connectivity index (χ1v) is 9.15. The first-order chi connectivity index (χ1) is 11.0. The standard InChI is InChI=1S/C17H20ClN3OS/c1-11(2)10-21(16(22)13-4-3-5-13)17-20-19-15(23-17)12-6-8-14(18)9-7-12/h6-9,11,13H,3-5,10H2,1-2H3. The minimum atomic E-state index is 0.164. The molecule has 0 saturated heterocycles. The molecule has 0 bridgehead atoms. The molecule has 23 heavy (non-hydrogen) atoms. The second kappa shape index (κ2) is 6.97. The summed E-state index contributed by atoms with van der Waals surface area (Å²) in [5.41, 5.74) is 0.971. The van der Waals surface area contributed by atoms with Crippen LogP contribution in [0.5, 0.6) is 0 Å². The summed E-state index contributed by atoms with van der Waals surface area (Å²) < 4.78 is 0. The van der Waals surface area contributed by atoms with Crippen LogP contribution in [0.25, 0.3) is 10.6 Å². The molecule has 0 radical (unpaired) electrons. The highest BCUT2D eigenvalue weighted by Crippen LogP contribution is 2.34. The summed E-state index contributed by atoms with van der Waals surface area (Å²) in [7, 11) is 0. The van der Waals surface area contributed by atoms with Crippen LogP contribution in [0.3, 0.4) is 0 Å². The minimum absolute atomic E-state index is 0.164. The van der Waals surface area contributed by atoms with Gasteiger partial charge >= 0.3 is 0 Å². The summed E-state index contributed by atoms with van der Waals surface area (Å²) in [5, 5.41) is 10.7. The maximum atomic E-state index is 12.7. The molecule has 0 aliphatic heterocycles.